The molecule has 5 rings (SSSR count). The second-order valence-corrected chi connectivity index (χ2v) is 9.17. The minimum Gasteiger partial charge on any atom is -0.425 e. The number of ether oxygens (including phenoxy) is 2. The number of carbonyl (C=O) groups is 1. The van der Waals surface area contributed by atoms with Crippen molar-refractivity contribution in [2.24, 2.45) is 0 Å². The molecule has 1 saturated heterocycles. The van der Waals surface area contributed by atoms with Gasteiger partial charge in [-0.25, -0.2) is 4.79 Å². The van der Waals surface area contributed by atoms with Crippen molar-refractivity contribution in [1.29, 1.82) is 0 Å². The van der Waals surface area contributed by atoms with E-state index in [4.69, 9.17) is 9.47 Å². The molecular weight excluding hydrogens is 482 g/mol. The van der Waals surface area contributed by atoms with Gasteiger partial charge in [0.2, 0.25) is 0 Å². The predicted octanol–water partition coefficient (Wildman–Crippen LogP) is 6.76. The van der Waals surface area contributed by atoms with Crippen LogP contribution in [0.15, 0.2) is 84.4 Å². The van der Waals surface area contributed by atoms with Crippen LogP contribution in [0.2, 0.25) is 0 Å². The Hall–Kier alpha value is -3.44. The van der Waals surface area contributed by atoms with Gasteiger partial charge in [-0.1, -0.05) is 90.5 Å². The average Bonchev–Trinajstić information content (AvgIpc) is 3.07. The Labute approximate surface area is 225 Å². The molecule has 0 saturated carbocycles. The topological polar surface area (TPSA) is 38.8 Å². The van der Waals surface area contributed by atoms with E-state index in [0.29, 0.717) is 5.75 Å². The van der Waals surface area contributed by atoms with Crippen molar-refractivity contribution in [3.8, 4) is 5.75 Å². The molecule has 2 aliphatic rings. The molecule has 190 valence electrons. The number of esters is 1. The third-order valence-corrected chi connectivity index (χ3v) is 6.74. The number of hydrogen-bond donors (Lipinski definition) is 0. The molecule has 0 amide bonds. The minimum atomic E-state index is -0.397. The summed E-state index contributed by atoms with van der Waals surface area (Å²) in [5.74, 6) is 0.137. The molecule has 0 spiro atoms. The maximum atomic E-state index is 11.7. The fraction of sp³-hybridized carbons (Fsp3) is 0.219. The summed E-state index contributed by atoms with van der Waals surface area (Å²) in [6.07, 6.45) is 10.9. The Kier molecular flexibility index (Phi) is 9.13. The number of likely N-dealkylation sites (tertiary alicyclic amines) is 1. The number of nitrogens with zero attached hydrogens (tertiary/aromatic N) is 1. The maximum absolute atomic E-state index is 11.7. The molecule has 5 heteroatoms. The summed E-state index contributed by atoms with van der Waals surface area (Å²) in [6, 6.07) is 25.1. The van der Waals surface area contributed by atoms with Crippen molar-refractivity contribution >= 4 is 42.2 Å². The van der Waals surface area contributed by atoms with Gasteiger partial charge < -0.3 is 9.47 Å². The molecule has 0 N–H and O–H groups in total. The van der Waals surface area contributed by atoms with Crippen LogP contribution in [0.5, 0.6) is 5.75 Å². The zero-order valence-electron chi connectivity index (χ0n) is 21.1. The van der Waals surface area contributed by atoms with E-state index in [-0.39, 0.29) is 19.0 Å². The standard InChI is InChI=1S/C32H31NO3.ClH/c1-35-23-31(34)36-28-12-6-8-24(22-28)9-7-19-33-20-17-27(18-21-33)32-29-13-4-2-10-25(29)15-16-26-11-3-5-14-30(26)32;/h2-16,22H,17-21,23H2,1H3;1H. The molecule has 0 unspecified atom stereocenters. The number of benzene rings is 3. The van der Waals surface area contributed by atoms with Gasteiger partial charge in [0.25, 0.3) is 0 Å². The van der Waals surface area contributed by atoms with Gasteiger partial charge in [-0.15, -0.1) is 12.4 Å². The molecule has 0 atom stereocenters. The number of piperidine rings is 1. The van der Waals surface area contributed by atoms with E-state index in [1.807, 2.05) is 18.2 Å². The maximum Gasteiger partial charge on any atom is 0.337 e. The van der Waals surface area contributed by atoms with Crippen molar-refractivity contribution in [1.82, 2.24) is 4.90 Å². The summed E-state index contributed by atoms with van der Waals surface area (Å²) >= 11 is 0. The van der Waals surface area contributed by atoms with Crippen molar-refractivity contribution in [2.45, 2.75) is 12.8 Å². The van der Waals surface area contributed by atoms with Gasteiger partial charge in [0.15, 0.2) is 0 Å². The van der Waals surface area contributed by atoms with Crippen LogP contribution in [-0.2, 0) is 9.53 Å². The number of methoxy groups -OCH3 is 1. The zero-order chi connectivity index (χ0) is 24.7. The van der Waals surface area contributed by atoms with Gasteiger partial charge in [0.05, 0.1) is 0 Å². The molecule has 0 aromatic heterocycles. The summed E-state index contributed by atoms with van der Waals surface area (Å²) in [6.45, 7) is 2.91. The SMILES string of the molecule is COCC(=O)Oc1cccc(C=CCN2CCC(=C3c4ccccc4C=Cc4ccccc43)CC2)c1.Cl. The fourth-order valence-corrected chi connectivity index (χ4v) is 5.00. The molecule has 0 bridgehead atoms. The second-order valence-electron chi connectivity index (χ2n) is 9.17. The summed E-state index contributed by atoms with van der Waals surface area (Å²) in [5.41, 5.74) is 9.23. The van der Waals surface area contributed by atoms with Gasteiger partial charge >= 0.3 is 5.97 Å². The lowest BCUT2D eigenvalue weighted by Crippen LogP contribution is -2.31. The van der Waals surface area contributed by atoms with Gasteiger partial charge in [0.1, 0.15) is 12.4 Å². The minimum absolute atomic E-state index is 0. The zero-order valence-corrected chi connectivity index (χ0v) is 21.9. The van der Waals surface area contributed by atoms with E-state index in [2.05, 4.69) is 77.7 Å². The molecular formula is C32H32ClNO3. The van der Waals surface area contributed by atoms with E-state index >= 15 is 0 Å². The highest BCUT2D eigenvalue weighted by Crippen LogP contribution is 2.38. The number of rotatable bonds is 6. The molecule has 0 radical (unpaired) electrons. The van der Waals surface area contributed by atoms with E-state index in [1.165, 1.54) is 34.9 Å². The van der Waals surface area contributed by atoms with Crippen molar-refractivity contribution in [3.63, 3.8) is 0 Å². The van der Waals surface area contributed by atoms with Gasteiger partial charge in [-0.3, -0.25) is 4.90 Å². The number of hydrogen-bond acceptors (Lipinski definition) is 4. The number of fused-ring (bicyclic) bond motifs is 2. The van der Waals surface area contributed by atoms with Crippen LogP contribution in [0.3, 0.4) is 0 Å². The number of carbonyl (C=O) groups excluding carboxylic acids is 1. The number of halogens is 1. The monoisotopic (exact) mass is 513 g/mol. The Balaban J connectivity index is 0.00000320. The van der Waals surface area contributed by atoms with Crippen LogP contribution in [0.4, 0.5) is 0 Å². The molecule has 1 heterocycles. The van der Waals surface area contributed by atoms with Gasteiger partial charge in [-0.2, -0.15) is 0 Å². The Morgan fingerprint density at radius 1 is 0.892 bits per heavy atom. The molecule has 4 nitrogen and oxygen atoms in total. The quantitative estimate of drug-likeness (QED) is 0.211. The summed E-state index contributed by atoms with van der Waals surface area (Å²) < 4.78 is 10.1. The van der Waals surface area contributed by atoms with Crippen molar-refractivity contribution < 1.29 is 14.3 Å². The molecule has 1 aliphatic carbocycles. The normalized spacial score (nSPS) is 15.1. The van der Waals surface area contributed by atoms with Crippen LogP contribution in [0.1, 0.15) is 40.7 Å². The predicted molar refractivity (Wildman–Crippen MR) is 154 cm³/mol. The third kappa shape index (κ3) is 6.47. The van der Waals surface area contributed by atoms with Gasteiger partial charge in [-0.05, 0) is 58.4 Å². The second kappa shape index (κ2) is 12.7. The van der Waals surface area contributed by atoms with E-state index in [0.717, 1.165) is 38.0 Å². The molecule has 3 aromatic carbocycles. The Bertz CT molecular complexity index is 1280. The Morgan fingerprint density at radius 2 is 1.54 bits per heavy atom. The van der Waals surface area contributed by atoms with Crippen LogP contribution in [0.25, 0.3) is 23.8 Å². The lowest BCUT2D eigenvalue weighted by Gasteiger charge is -2.29. The van der Waals surface area contributed by atoms with Crippen LogP contribution < -0.4 is 4.74 Å². The average molecular weight is 514 g/mol. The Morgan fingerprint density at radius 3 is 2.19 bits per heavy atom. The molecule has 37 heavy (non-hydrogen) atoms. The van der Waals surface area contributed by atoms with Crippen LogP contribution in [0, 0.1) is 0 Å². The van der Waals surface area contributed by atoms with Crippen LogP contribution in [-0.4, -0.2) is 44.2 Å². The highest BCUT2D eigenvalue weighted by Gasteiger charge is 2.22. The first kappa shape index (κ1) is 26.6. The lowest BCUT2D eigenvalue weighted by molar-refractivity contribution is -0.138. The summed E-state index contributed by atoms with van der Waals surface area (Å²) in [7, 11) is 1.48. The van der Waals surface area contributed by atoms with Crippen LogP contribution >= 0.6 is 12.4 Å². The third-order valence-electron chi connectivity index (χ3n) is 6.74. The first-order valence-corrected chi connectivity index (χ1v) is 12.5. The largest absolute Gasteiger partial charge is 0.425 e. The van der Waals surface area contributed by atoms with E-state index < -0.39 is 5.97 Å². The fourth-order valence-electron chi connectivity index (χ4n) is 5.00. The summed E-state index contributed by atoms with van der Waals surface area (Å²) in [5, 5.41) is 0. The summed E-state index contributed by atoms with van der Waals surface area (Å²) in [4.78, 5) is 14.2. The smallest absolute Gasteiger partial charge is 0.337 e. The lowest BCUT2D eigenvalue weighted by atomic mass is 9.86. The molecule has 1 fully saturated rings. The highest BCUT2D eigenvalue weighted by molar-refractivity contribution is 5.95. The van der Waals surface area contributed by atoms with E-state index in [1.54, 1.807) is 11.6 Å². The van der Waals surface area contributed by atoms with Crippen molar-refractivity contribution in [2.75, 3.05) is 33.4 Å². The first-order valence-electron chi connectivity index (χ1n) is 12.5. The van der Waals surface area contributed by atoms with E-state index in [9.17, 15) is 4.79 Å². The molecule has 3 aromatic rings. The van der Waals surface area contributed by atoms with Gasteiger partial charge in [0, 0.05) is 26.7 Å². The van der Waals surface area contributed by atoms with Crippen molar-refractivity contribution in [3.05, 3.63) is 112 Å². The highest BCUT2D eigenvalue weighted by atomic mass is 35.5. The first-order chi connectivity index (χ1) is 17.7. The molecule has 1 aliphatic heterocycles.